The highest BCUT2D eigenvalue weighted by Gasteiger charge is 2.49. The van der Waals surface area contributed by atoms with Gasteiger partial charge in [-0.3, -0.25) is 9.35 Å². The average molecular weight is 212 g/mol. The Kier molecular flexibility index (Phi) is 3.57. The molecule has 0 aliphatic carbocycles. The molecule has 1 unspecified atom stereocenters. The van der Waals surface area contributed by atoms with E-state index >= 15 is 0 Å². The molecule has 0 aromatic carbocycles. The normalized spacial score (nSPS) is 17.1. The van der Waals surface area contributed by atoms with Gasteiger partial charge in [0.1, 0.15) is 0 Å². The summed E-state index contributed by atoms with van der Waals surface area (Å²) in [5.74, 6) is -1.88. The number of alkyl halides is 1. The van der Waals surface area contributed by atoms with E-state index in [-0.39, 0.29) is 0 Å². The summed E-state index contributed by atoms with van der Waals surface area (Å²) in [7, 11) is -4.97. The first-order valence-electron chi connectivity index (χ1n) is 3.87. The SMILES string of the molecule is CCC(F)(C(=O)C(C)C)S(=O)(=O)O. The monoisotopic (exact) mass is 212 g/mol. The maximum absolute atomic E-state index is 13.5. The predicted octanol–water partition coefficient (Wildman–Crippen LogP) is 1.18. The zero-order valence-electron chi connectivity index (χ0n) is 7.74. The van der Waals surface area contributed by atoms with Crippen molar-refractivity contribution < 1.29 is 22.2 Å². The van der Waals surface area contributed by atoms with Crippen LogP contribution in [0, 0.1) is 5.92 Å². The van der Waals surface area contributed by atoms with E-state index in [0.717, 1.165) is 0 Å². The molecule has 0 saturated heterocycles. The lowest BCUT2D eigenvalue weighted by Gasteiger charge is -2.20. The van der Waals surface area contributed by atoms with Crippen LogP contribution in [-0.2, 0) is 14.9 Å². The topological polar surface area (TPSA) is 71.4 Å². The Morgan fingerprint density at radius 3 is 2.00 bits per heavy atom. The smallest absolute Gasteiger partial charge is 0.294 e. The van der Waals surface area contributed by atoms with Crippen LogP contribution in [0.1, 0.15) is 27.2 Å². The molecular formula is C7H13FO4S. The third kappa shape index (κ3) is 2.25. The van der Waals surface area contributed by atoms with Crippen molar-refractivity contribution in [3.8, 4) is 0 Å². The van der Waals surface area contributed by atoms with Crippen LogP contribution >= 0.6 is 0 Å². The Morgan fingerprint density at radius 1 is 1.54 bits per heavy atom. The maximum atomic E-state index is 13.5. The van der Waals surface area contributed by atoms with Gasteiger partial charge in [0.05, 0.1) is 0 Å². The predicted molar refractivity (Wildman–Crippen MR) is 45.5 cm³/mol. The molecule has 78 valence electrons. The third-order valence-electron chi connectivity index (χ3n) is 1.76. The van der Waals surface area contributed by atoms with Gasteiger partial charge in [0.15, 0.2) is 5.78 Å². The molecule has 0 aliphatic rings. The zero-order chi connectivity index (χ0) is 10.9. The standard InChI is InChI=1S/C7H13FO4S/c1-4-7(8,13(10,11)12)6(9)5(2)3/h5H,4H2,1-3H3,(H,10,11,12). The van der Waals surface area contributed by atoms with Crippen LogP contribution in [0.3, 0.4) is 0 Å². The van der Waals surface area contributed by atoms with E-state index < -0.39 is 33.2 Å². The van der Waals surface area contributed by atoms with Crippen LogP contribution in [0.4, 0.5) is 4.39 Å². The van der Waals surface area contributed by atoms with Crippen LogP contribution in [0.2, 0.25) is 0 Å². The first-order chi connectivity index (χ1) is 5.66. The van der Waals surface area contributed by atoms with Crippen molar-refractivity contribution in [2.45, 2.75) is 32.2 Å². The number of ketones is 1. The Morgan fingerprint density at radius 2 is 1.92 bits per heavy atom. The van der Waals surface area contributed by atoms with Crippen molar-refractivity contribution >= 4 is 15.9 Å². The van der Waals surface area contributed by atoms with Gasteiger partial charge in [-0.15, -0.1) is 0 Å². The van der Waals surface area contributed by atoms with E-state index in [1.165, 1.54) is 20.8 Å². The molecule has 0 aliphatic heterocycles. The van der Waals surface area contributed by atoms with Crippen LogP contribution in [0.5, 0.6) is 0 Å². The van der Waals surface area contributed by atoms with E-state index in [9.17, 15) is 17.6 Å². The summed E-state index contributed by atoms with van der Waals surface area (Å²) in [5.41, 5.74) is 0. The Labute approximate surface area is 76.9 Å². The van der Waals surface area contributed by atoms with E-state index in [1.54, 1.807) is 0 Å². The maximum Gasteiger partial charge on any atom is 0.307 e. The van der Waals surface area contributed by atoms with Crippen molar-refractivity contribution in [1.29, 1.82) is 0 Å². The molecule has 0 spiro atoms. The number of rotatable bonds is 4. The highest BCUT2D eigenvalue weighted by molar-refractivity contribution is 7.87. The molecule has 1 atom stereocenters. The minimum Gasteiger partial charge on any atom is -0.294 e. The molecule has 0 rings (SSSR count). The van der Waals surface area contributed by atoms with Crippen LogP contribution in [0.15, 0.2) is 0 Å². The molecule has 0 fully saturated rings. The molecule has 1 N–H and O–H groups in total. The number of carbonyl (C=O) groups is 1. The van der Waals surface area contributed by atoms with Gasteiger partial charge in [-0.1, -0.05) is 20.8 Å². The summed E-state index contributed by atoms with van der Waals surface area (Å²) in [6, 6.07) is 0. The first-order valence-corrected chi connectivity index (χ1v) is 5.31. The Balaban J connectivity index is 5.21. The van der Waals surface area contributed by atoms with Gasteiger partial charge in [-0.25, -0.2) is 4.39 Å². The summed E-state index contributed by atoms with van der Waals surface area (Å²) in [6.45, 7) is 3.93. The molecule has 4 nitrogen and oxygen atoms in total. The largest absolute Gasteiger partial charge is 0.307 e. The number of Topliss-reactive ketones (excluding diaryl/α,β-unsaturated/α-hetero) is 1. The molecule has 0 heterocycles. The third-order valence-corrected chi connectivity index (χ3v) is 3.06. The fourth-order valence-corrected chi connectivity index (χ4v) is 1.77. The minimum atomic E-state index is -4.97. The summed E-state index contributed by atoms with van der Waals surface area (Å²) < 4.78 is 43.2. The number of halogens is 1. The van der Waals surface area contributed by atoms with Crippen LogP contribution in [0.25, 0.3) is 0 Å². The van der Waals surface area contributed by atoms with Gasteiger partial charge < -0.3 is 0 Å². The quantitative estimate of drug-likeness (QED) is 0.710. The van der Waals surface area contributed by atoms with Gasteiger partial charge in [0.25, 0.3) is 5.00 Å². The lowest BCUT2D eigenvalue weighted by atomic mass is 10.0. The van der Waals surface area contributed by atoms with Crippen LogP contribution < -0.4 is 0 Å². The van der Waals surface area contributed by atoms with E-state index in [0.29, 0.717) is 0 Å². The van der Waals surface area contributed by atoms with Crippen molar-refractivity contribution in [2.75, 3.05) is 0 Å². The zero-order valence-corrected chi connectivity index (χ0v) is 8.56. The molecule has 6 heteroatoms. The van der Waals surface area contributed by atoms with Gasteiger partial charge >= 0.3 is 10.1 Å². The average Bonchev–Trinajstić information content (AvgIpc) is 1.99. The molecular weight excluding hydrogens is 199 g/mol. The van der Waals surface area contributed by atoms with Crippen molar-refractivity contribution in [3.05, 3.63) is 0 Å². The highest BCUT2D eigenvalue weighted by Crippen LogP contribution is 2.27. The van der Waals surface area contributed by atoms with Gasteiger partial charge in [0.2, 0.25) is 0 Å². The highest BCUT2D eigenvalue weighted by atomic mass is 32.2. The second-order valence-corrected chi connectivity index (χ2v) is 4.67. The van der Waals surface area contributed by atoms with E-state index in [1.807, 2.05) is 0 Å². The Bertz CT molecular complexity index is 296. The Hall–Kier alpha value is -0.490. The van der Waals surface area contributed by atoms with E-state index in [4.69, 9.17) is 4.55 Å². The van der Waals surface area contributed by atoms with Crippen LogP contribution in [-0.4, -0.2) is 23.8 Å². The van der Waals surface area contributed by atoms with E-state index in [2.05, 4.69) is 0 Å². The fraction of sp³-hybridized carbons (Fsp3) is 0.857. The van der Waals surface area contributed by atoms with Gasteiger partial charge in [-0.05, 0) is 0 Å². The molecule has 0 saturated carbocycles. The molecule has 0 amide bonds. The number of hydrogen-bond acceptors (Lipinski definition) is 3. The first kappa shape index (κ1) is 12.5. The molecule has 13 heavy (non-hydrogen) atoms. The van der Waals surface area contributed by atoms with Gasteiger partial charge in [0, 0.05) is 12.3 Å². The summed E-state index contributed by atoms with van der Waals surface area (Å²) >= 11 is 0. The number of carbonyl (C=O) groups excluding carboxylic acids is 1. The van der Waals surface area contributed by atoms with Crippen molar-refractivity contribution in [3.63, 3.8) is 0 Å². The summed E-state index contributed by atoms with van der Waals surface area (Å²) in [5, 5.41) is -3.15. The summed E-state index contributed by atoms with van der Waals surface area (Å²) in [4.78, 5) is 11.1. The van der Waals surface area contributed by atoms with Gasteiger partial charge in [-0.2, -0.15) is 8.42 Å². The summed E-state index contributed by atoms with van der Waals surface area (Å²) in [6.07, 6.45) is -0.581. The molecule has 0 bridgehead atoms. The fourth-order valence-electron chi connectivity index (χ4n) is 0.915. The van der Waals surface area contributed by atoms with Crippen molar-refractivity contribution in [2.24, 2.45) is 5.92 Å². The second kappa shape index (κ2) is 3.71. The molecule has 0 aromatic rings. The lowest BCUT2D eigenvalue weighted by molar-refractivity contribution is -0.129. The molecule has 0 aromatic heterocycles. The molecule has 0 radical (unpaired) electrons. The second-order valence-electron chi connectivity index (χ2n) is 3.08. The lowest BCUT2D eigenvalue weighted by Crippen LogP contribution is -2.43. The minimum absolute atomic E-state index is 0.581. The number of hydrogen-bond donors (Lipinski definition) is 1. The van der Waals surface area contributed by atoms with Crippen molar-refractivity contribution in [1.82, 2.24) is 0 Å².